The fourth-order valence-corrected chi connectivity index (χ4v) is 4.34. The first-order valence-corrected chi connectivity index (χ1v) is 10.3. The van der Waals surface area contributed by atoms with Crippen LogP contribution in [0.15, 0.2) is 47.4 Å². The molecule has 1 amide bonds. The third-order valence-electron chi connectivity index (χ3n) is 4.37. The van der Waals surface area contributed by atoms with Crippen molar-refractivity contribution in [2.24, 2.45) is 0 Å². The van der Waals surface area contributed by atoms with Crippen molar-refractivity contribution in [2.45, 2.75) is 24.8 Å². The molecule has 9 heteroatoms. The first kappa shape index (κ1) is 20.0. The van der Waals surface area contributed by atoms with Crippen molar-refractivity contribution in [2.75, 3.05) is 25.0 Å². The fraction of sp³-hybridized carbons (Fsp3) is 0.316. The second kappa shape index (κ2) is 8.07. The molecule has 0 spiro atoms. The molecular weight excluding hydrogens is 384 g/mol. The molecular formula is C19H22N2O6S. The highest BCUT2D eigenvalue weighted by Crippen LogP contribution is 2.32. The van der Waals surface area contributed by atoms with Gasteiger partial charge >= 0.3 is 0 Å². The van der Waals surface area contributed by atoms with E-state index in [1.807, 2.05) is 0 Å². The van der Waals surface area contributed by atoms with Gasteiger partial charge in [-0.1, -0.05) is 26.0 Å². The highest BCUT2D eigenvalue weighted by Gasteiger charge is 2.29. The summed E-state index contributed by atoms with van der Waals surface area (Å²) in [6.07, 6.45) is -0.933. The number of ether oxygens (including phenoxy) is 2. The third-order valence-corrected chi connectivity index (χ3v) is 6.42. The quantitative estimate of drug-likeness (QED) is 0.713. The van der Waals surface area contributed by atoms with Crippen molar-refractivity contribution in [3.8, 4) is 17.2 Å². The molecule has 1 atom stereocenters. The number of para-hydroxylation sites is 2. The van der Waals surface area contributed by atoms with Gasteiger partial charge in [-0.05, 0) is 30.3 Å². The number of phenolic OH excluding ortho intramolecular Hbond substituents is 1. The van der Waals surface area contributed by atoms with Gasteiger partial charge in [0.2, 0.25) is 16.1 Å². The molecule has 28 heavy (non-hydrogen) atoms. The van der Waals surface area contributed by atoms with Gasteiger partial charge in [0.1, 0.15) is 12.4 Å². The summed E-state index contributed by atoms with van der Waals surface area (Å²) in [7, 11) is -3.73. The molecule has 3 rings (SSSR count). The number of rotatable bonds is 6. The zero-order chi connectivity index (χ0) is 20.3. The van der Waals surface area contributed by atoms with Crippen LogP contribution in [0.2, 0.25) is 0 Å². The number of benzene rings is 2. The first-order valence-electron chi connectivity index (χ1n) is 8.89. The van der Waals surface area contributed by atoms with E-state index in [1.54, 1.807) is 38.1 Å². The summed E-state index contributed by atoms with van der Waals surface area (Å²) in [4.78, 5) is 12.5. The van der Waals surface area contributed by atoms with Gasteiger partial charge in [-0.25, -0.2) is 8.42 Å². The van der Waals surface area contributed by atoms with Gasteiger partial charge in [-0.3, -0.25) is 4.79 Å². The molecule has 2 aromatic carbocycles. The van der Waals surface area contributed by atoms with Gasteiger partial charge in [-0.2, -0.15) is 4.31 Å². The monoisotopic (exact) mass is 406 g/mol. The van der Waals surface area contributed by atoms with E-state index in [4.69, 9.17) is 9.47 Å². The van der Waals surface area contributed by atoms with Crippen LogP contribution in [0.3, 0.4) is 0 Å². The number of hydrogen-bond donors (Lipinski definition) is 2. The van der Waals surface area contributed by atoms with E-state index in [9.17, 15) is 18.3 Å². The summed E-state index contributed by atoms with van der Waals surface area (Å²) in [5.41, 5.74) is -0.0133. The number of sulfonamides is 1. The van der Waals surface area contributed by atoms with Crippen molar-refractivity contribution >= 4 is 21.6 Å². The Morgan fingerprint density at radius 2 is 1.86 bits per heavy atom. The number of nitrogens with zero attached hydrogens (tertiary/aromatic N) is 1. The van der Waals surface area contributed by atoms with Gasteiger partial charge < -0.3 is 19.9 Å². The topological polar surface area (TPSA) is 105 Å². The van der Waals surface area contributed by atoms with Crippen LogP contribution in [0.1, 0.15) is 13.8 Å². The molecule has 0 saturated heterocycles. The summed E-state index contributed by atoms with van der Waals surface area (Å²) < 4.78 is 37.8. The minimum Gasteiger partial charge on any atom is -0.506 e. The SMILES string of the molecule is CCN(CC)S(=O)(=O)c1ccc(O)c(NC(=O)C2COc3ccccc3O2)c1. The Labute approximate surface area is 163 Å². The summed E-state index contributed by atoms with van der Waals surface area (Å²) in [5, 5.41) is 12.6. The lowest BCUT2D eigenvalue weighted by molar-refractivity contribution is -0.125. The van der Waals surface area contributed by atoms with Crippen molar-refractivity contribution in [3.05, 3.63) is 42.5 Å². The molecule has 1 unspecified atom stereocenters. The van der Waals surface area contributed by atoms with E-state index in [0.717, 1.165) is 0 Å². The first-order chi connectivity index (χ1) is 13.4. The Kier molecular flexibility index (Phi) is 5.76. The maximum absolute atomic E-state index is 12.7. The van der Waals surface area contributed by atoms with E-state index in [2.05, 4.69) is 5.32 Å². The van der Waals surface area contributed by atoms with E-state index >= 15 is 0 Å². The lowest BCUT2D eigenvalue weighted by Crippen LogP contribution is -2.40. The zero-order valence-corrected chi connectivity index (χ0v) is 16.4. The minimum absolute atomic E-state index is 0.00104. The molecule has 0 radical (unpaired) electrons. The lowest BCUT2D eigenvalue weighted by atomic mass is 10.2. The van der Waals surface area contributed by atoms with Crippen LogP contribution in [0.4, 0.5) is 5.69 Å². The molecule has 1 aliphatic heterocycles. The molecule has 150 valence electrons. The number of amides is 1. The second-order valence-electron chi connectivity index (χ2n) is 6.12. The molecule has 1 heterocycles. The van der Waals surface area contributed by atoms with Crippen molar-refractivity contribution < 1.29 is 27.8 Å². The van der Waals surface area contributed by atoms with E-state index in [-0.39, 0.29) is 22.9 Å². The van der Waals surface area contributed by atoms with Crippen LogP contribution < -0.4 is 14.8 Å². The van der Waals surface area contributed by atoms with Gasteiger partial charge in [0.15, 0.2) is 11.5 Å². The van der Waals surface area contributed by atoms with Crippen LogP contribution in [0.5, 0.6) is 17.2 Å². The largest absolute Gasteiger partial charge is 0.506 e. The molecule has 2 aromatic rings. The van der Waals surface area contributed by atoms with Crippen LogP contribution in [-0.4, -0.2) is 49.5 Å². The van der Waals surface area contributed by atoms with Crippen molar-refractivity contribution in [1.29, 1.82) is 0 Å². The molecule has 2 N–H and O–H groups in total. The summed E-state index contributed by atoms with van der Waals surface area (Å²) in [5.74, 6) is 0.184. The van der Waals surface area contributed by atoms with Crippen LogP contribution in [0.25, 0.3) is 0 Å². The van der Waals surface area contributed by atoms with Crippen molar-refractivity contribution in [3.63, 3.8) is 0 Å². The summed E-state index contributed by atoms with van der Waals surface area (Å²) >= 11 is 0. The molecule has 0 saturated carbocycles. The fourth-order valence-electron chi connectivity index (χ4n) is 2.85. The molecule has 0 aliphatic carbocycles. The number of nitrogens with one attached hydrogen (secondary N) is 1. The Morgan fingerprint density at radius 1 is 1.18 bits per heavy atom. The maximum Gasteiger partial charge on any atom is 0.269 e. The number of phenols is 1. The Morgan fingerprint density at radius 3 is 2.54 bits per heavy atom. The van der Waals surface area contributed by atoms with E-state index < -0.39 is 22.0 Å². The predicted molar refractivity (Wildman–Crippen MR) is 103 cm³/mol. The summed E-state index contributed by atoms with van der Waals surface area (Å²) in [6.45, 7) is 4.11. The molecule has 0 bridgehead atoms. The van der Waals surface area contributed by atoms with Crippen LogP contribution in [0, 0.1) is 0 Å². The van der Waals surface area contributed by atoms with E-state index in [0.29, 0.717) is 24.6 Å². The minimum atomic E-state index is -3.73. The third kappa shape index (κ3) is 3.90. The number of aromatic hydroxyl groups is 1. The highest BCUT2D eigenvalue weighted by atomic mass is 32.2. The average Bonchev–Trinajstić information content (AvgIpc) is 2.69. The Balaban J connectivity index is 1.80. The number of hydrogen-bond acceptors (Lipinski definition) is 6. The van der Waals surface area contributed by atoms with Crippen LogP contribution >= 0.6 is 0 Å². The molecule has 0 fully saturated rings. The number of carbonyl (C=O) groups excluding carboxylic acids is 1. The van der Waals surface area contributed by atoms with Gasteiger partial charge in [-0.15, -0.1) is 0 Å². The van der Waals surface area contributed by atoms with E-state index in [1.165, 1.54) is 22.5 Å². The molecule has 0 aromatic heterocycles. The lowest BCUT2D eigenvalue weighted by Gasteiger charge is -2.25. The van der Waals surface area contributed by atoms with Gasteiger partial charge in [0.05, 0.1) is 10.6 Å². The second-order valence-corrected chi connectivity index (χ2v) is 8.06. The average molecular weight is 406 g/mol. The number of anilines is 1. The molecule has 1 aliphatic rings. The summed E-state index contributed by atoms with van der Waals surface area (Å²) in [6, 6.07) is 10.7. The normalized spacial score (nSPS) is 16.0. The Bertz CT molecular complexity index is 972. The standard InChI is InChI=1S/C19H22N2O6S/c1-3-21(4-2)28(24,25)13-9-10-15(22)14(11-13)20-19(23)18-12-26-16-7-5-6-8-17(16)27-18/h5-11,18,22H,3-4,12H2,1-2H3,(H,20,23). The van der Waals surface area contributed by atoms with Gasteiger partial charge in [0.25, 0.3) is 5.91 Å². The smallest absolute Gasteiger partial charge is 0.269 e. The zero-order valence-electron chi connectivity index (χ0n) is 15.6. The van der Waals surface area contributed by atoms with Crippen molar-refractivity contribution in [1.82, 2.24) is 4.31 Å². The number of carbonyl (C=O) groups is 1. The predicted octanol–water partition coefficient (Wildman–Crippen LogP) is 2.20. The van der Waals surface area contributed by atoms with Crippen LogP contribution in [-0.2, 0) is 14.8 Å². The number of fused-ring (bicyclic) bond motifs is 1. The maximum atomic E-state index is 12.7. The Hall–Kier alpha value is -2.78. The molecule has 8 nitrogen and oxygen atoms in total. The van der Waals surface area contributed by atoms with Gasteiger partial charge in [0, 0.05) is 13.1 Å². The highest BCUT2D eigenvalue weighted by molar-refractivity contribution is 7.89.